The minimum atomic E-state index is -0.578. The van der Waals surface area contributed by atoms with Gasteiger partial charge in [-0.05, 0) is 38.8 Å². The molecule has 1 fully saturated rings. The lowest BCUT2D eigenvalue weighted by Crippen LogP contribution is -2.44. The van der Waals surface area contributed by atoms with Crippen LogP contribution in [0.15, 0.2) is 0 Å². The van der Waals surface area contributed by atoms with Gasteiger partial charge in [0.1, 0.15) is 0 Å². The molecule has 0 saturated carbocycles. The summed E-state index contributed by atoms with van der Waals surface area (Å²) in [7, 11) is 0. The molecule has 15 heavy (non-hydrogen) atoms. The Bertz CT molecular complexity index is 174. The van der Waals surface area contributed by atoms with Gasteiger partial charge in [-0.25, -0.2) is 0 Å². The van der Waals surface area contributed by atoms with Crippen LogP contribution >= 0.6 is 0 Å². The monoisotopic (exact) mass is 214 g/mol. The maximum atomic E-state index is 10.0. The molecule has 1 aliphatic heterocycles. The average molecular weight is 214 g/mol. The zero-order valence-corrected chi connectivity index (χ0v) is 10.4. The highest BCUT2D eigenvalue weighted by Crippen LogP contribution is 2.14. The number of rotatable bonds is 6. The molecule has 0 aromatic heterocycles. The molecular weight excluding hydrogens is 188 g/mol. The van der Waals surface area contributed by atoms with Crippen molar-refractivity contribution in [1.82, 2.24) is 10.2 Å². The van der Waals surface area contributed by atoms with Crippen molar-refractivity contribution in [2.45, 2.75) is 39.2 Å². The van der Waals surface area contributed by atoms with Gasteiger partial charge < -0.3 is 15.3 Å². The van der Waals surface area contributed by atoms with E-state index >= 15 is 0 Å². The van der Waals surface area contributed by atoms with E-state index in [1.165, 1.54) is 25.9 Å². The largest absolute Gasteiger partial charge is 0.389 e. The fourth-order valence-electron chi connectivity index (χ4n) is 1.79. The minimum absolute atomic E-state index is 0.303. The lowest BCUT2D eigenvalue weighted by atomic mass is 9.93. The molecule has 0 bridgehead atoms. The molecule has 0 amide bonds. The zero-order chi connectivity index (χ0) is 11.3. The summed E-state index contributed by atoms with van der Waals surface area (Å²) in [5.41, 5.74) is -0.578. The van der Waals surface area contributed by atoms with Gasteiger partial charge in [0, 0.05) is 19.6 Å². The van der Waals surface area contributed by atoms with Gasteiger partial charge in [-0.2, -0.15) is 0 Å². The Morgan fingerprint density at radius 2 is 1.93 bits per heavy atom. The molecule has 1 unspecified atom stereocenters. The molecule has 1 rings (SSSR count). The highest BCUT2D eigenvalue weighted by molar-refractivity contribution is 4.79. The predicted octanol–water partition coefficient (Wildman–Crippen LogP) is 1.08. The summed E-state index contributed by atoms with van der Waals surface area (Å²) >= 11 is 0. The Kier molecular flexibility index (Phi) is 5.03. The Hall–Kier alpha value is -0.120. The first kappa shape index (κ1) is 12.9. The van der Waals surface area contributed by atoms with E-state index in [1.807, 2.05) is 6.92 Å². The first-order chi connectivity index (χ1) is 7.02. The molecule has 1 saturated heterocycles. The van der Waals surface area contributed by atoms with Crippen molar-refractivity contribution in [3.8, 4) is 0 Å². The Labute approximate surface area is 93.9 Å². The number of likely N-dealkylation sites (tertiary alicyclic amines) is 1. The van der Waals surface area contributed by atoms with Crippen LogP contribution in [0.25, 0.3) is 0 Å². The van der Waals surface area contributed by atoms with Gasteiger partial charge in [-0.15, -0.1) is 0 Å². The molecular formula is C12H26N2O. The summed E-state index contributed by atoms with van der Waals surface area (Å²) in [4.78, 5) is 2.48. The molecule has 90 valence electrons. The number of nitrogens with zero attached hydrogens (tertiary/aromatic N) is 1. The summed E-state index contributed by atoms with van der Waals surface area (Å²) in [5.74, 6) is 0.303. The van der Waals surface area contributed by atoms with E-state index in [-0.39, 0.29) is 0 Å². The SMILES string of the molecule is CC(C)C(C)(O)CNCCN1CCCC1. The second kappa shape index (κ2) is 5.83. The molecule has 3 nitrogen and oxygen atoms in total. The molecule has 1 heterocycles. The van der Waals surface area contributed by atoms with Crippen LogP contribution in [0.1, 0.15) is 33.6 Å². The smallest absolute Gasteiger partial charge is 0.0766 e. The molecule has 2 N–H and O–H groups in total. The van der Waals surface area contributed by atoms with Crippen LogP contribution in [0.5, 0.6) is 0 Å². The Morgan fingerprint density at radius 3 is 2.47 bits per heavy atom. The van der Waals surface area contributed by atoms with Gasteiger partial charge in [0.05, 0.1) is 5.60 Å². The van der Waals surface area contributed by atoms with Crippen LogP contribution in [0.2, 0.25) is 0 Å². The van der Waals surface area contributed by atoms with Gasteiger partial charge in [0.2, 0.25) is 0 Å². The summed E-state index contributed by atoms with van der Waals surface area (Å²) < 4.78 is 0. The summed E-state index contributed by atoms with van der Waals surface area (Å²) in [6.07, 6.45) is 2.70. The lowest BCUT2D eigenvalue weighted by molar-refractivity contribution is 0.0140. The van der Waals surface area contributed by atoms with Crippen molar-refractivity contribution < 1.29 is 5.11 Å². The Balaban J connectivity index is 2.05. The molecule has 1 aliphatic rings. The van der Waals surface area contributed by atoms with Crippen molar-refractivity contribution in [2.24, 2.45) is 5.92 Å². The third kappa shape index (κ3) is 4.49. The number of aliphatic hydroxyl groups is 1. The Morgan fingerprint density at radius 1 is 1.33 bits per heavy atom. The number of hydrogen-bond donors (Lipinski definition) is 2. The van der Waals surface area contributed by atoms with E-state index in [2.05, 4.69) is 24.1 Å². The van der Waals surface area contributed by atoms with E-state index in [0.29, 0.717) is 12.5 Å². The van der Waals surface area contributed by atoms with E-state index in [0.717, 1.165) is 13.1 Å². The van der Waals surface area contributed by atoms with Crippen molar-refractivity contribution in [2.75, 3.05) is 32.7 Å². The molecule has 0 radical (unpaired) electrons. The molecule has 3 heteroatoms. The van der Waals surface area contributed by atoms with Crippen LogP contribution in [0, 0.1) is 5.92 Å². The van der Waals surface area contributed by atoms with Crippen LogP contribution in [0.3, 0.4) is 0 Å². The molecule has 1 atom stereocenters. The van der Waals surface area contributed by atoms with Gasteiger partial charge in [0.15, 0.2) is 0 Å². The minimum Gasteiger partial charge on any atom is -0.389 e. The highest BCUT2D eigenvalue weighted by Gasteiger charge is 2.24. The van der Waals surface area contributed by atoms with Crippen molar-refractivity contribution >= 4 is 0 Å². The standard InChI is InChI=1S/C12H26N2O/c1-11(2)12(3,15)10-13-6-9-14-7-4-5-8-14/h11,13,15H,4-10H2,1-3H3. The fraction of sp³-hybridized carbons (Fsp3) is 1.00. The summed E-state index contributed by atoms with van der Waals surface area (Å²) in [6, 6.07) is 0. The maximum Gasteiger partial charge on any atom is 0.0766 e. The van der Waals surface area contributed by atoms with Crippen LogP contribution < -0.4 is 5.32 Å². The van der Waals surface area contributed by atoms with Crippen LogP contribution in [-0.2, 0) is 0 Å². The van der Waals surface area contributed by atoms with Gasteiger partial charge >= 0.3 is 0 Å². The maximum absolute atomic E-state index is 10.0. The predicted molar refractivity (Wildman–Crippen MR) is 64.0 cm³/mol. The lowest BCUT2D eigenvalue weighted by Gasteiger charge is -2.28. The van der Waals surface area contributed by atoms with E-state index < -0.39 is 5.60 Å². The van der Waals surface area contributed by atoms with Crippen LogP contribution in [-0.4, -0.2) is 48.3 Å². The van der Waals surface area contributed by atoms with Gasteiger partial charge in [-0.3, -0.25) is 0 Å². The number of hydrogen-bond acceptors (Lipinski definition) is 3. The van der Waals surface area contributed by atoms with Crippen molar-refractivity contribution in [3.05, 3.63) is 0 Å². The molecule has 0 spiro atoms. The van der Waals surface area contributed by atoms with E-state index in [9.17, 15) is 5.11 Å². The third-order valence-corrected chi connectivity index (χ3v) is 3.53. The zero-order valence-electron chi connectivity index (χ0n) is 10.4. The highest BCUT2D eigenvalue weighted by atomic mass is 16.3. The first-order valence-corrected chi connectivity index (χ1v) is 6.18. The molecule has 0 aromatic carbocycles. The normalized spacial score (nSPS) is 22.2. The van der Waals surface area contributed by atoms with E-state index in [4.69, 9.17) is 0 Å². The topological polar surface area (TPSA) is 35.5 Å². The van der Waals surface area contributed by atoms with Gasteiger partial charge in [-0.1, -0.05) is 13.8 Å². The molecule has 0 aromatic rings. The quantitative estimate of drug-likeness (QED) is 0.650. The van der Waals surface area contributed by atoms with Crippen molar-refractivity contribution in [3.63, 3.8) is 0 Å². The molecule has 0 aliphatic carbocycles. The summed E-state index contributed by atoms with van der Waals surface area (Å²) in [6.45, 7) is 11.3. The number of nitrogens with one attached hydrogen (secondary N) is 1. The van der Waals surface area contributed by atoms with Crippen LogP contribution in [0.4, 0.5) is 0 Å². The average Bonchev–Trinajstić information content (AvgIpc) is 2.64. The van der Waals surface area contributed by atoms with Crippen molar-refractivity contribution in [1.29, 1.82) is 0 Å². The summed E-state index contributed by atoms with van der Waals surface area (Å²) in [5, 5.41) is 13.3. The van der Waals surface area contributed by atoms with E-state index in [1.54, 1.807) is 0 Å². The first-order valence-electron chi connectivity index (χ1n) is 6.18. The third-order valence-electron chi connectivity index (χ3n) is 3.53. The van der Waals surface area contributed by atoms with Gasteiger partial charge in [0.25, 0.3) is 0 Å². The second-order valence-corrected chi connectivity index (χ2v) is 5.24. The fourth-order valence-corrected chi connectivity index (χ4v) is 1.79. The second-order valence-electron chi connectivity index (χ2n) is 5.24.